The highest BCUT2D eigenvalue weighted by atomic mass is 16.6. The Kier molecular flexibility index (Phi) is 5.03. The van der Waals surface area contributed by atoms with Gasteiger partial charge in [-0.3, -0.25) is 14.9 Å². The van der Waals surface area contributed by atoms with Crippen LogP contribution in [0.2, 0.25) is 0 Å². The summed E-state index contributed by atoms with van der Waals surface area (Å²) in [7, 11) is 0. The van der Waals surface area contributed by atoms with Gasteiger partial charge >= 0.3 is 0 Å². The first kappa shape index (κ1) is 15.2. The topological polar surface area (TPSA) is 84.6 Å². The molecule has 1 atom stereocenters. The van der Waals surface area contributed by atoms with Crippen molar-refractivity contribution in [1.82, 2.24) is 5.43 Å². The Morgan fingerprint density at radius 3 is 2.71 bits per heavy atom. The molecule has 1 aromatic rings. The van der Waals surface area contributed by atoms with Crippen molar-refractivity contribution in [3.8, 4) is 0 Å². The van der Waals surface area contributed by atoms with Crippen molar-refractivity contribution < 1.29 is 9.72 Å². The number of non-ortho nitro benzene ring substituents is 1. The molecule has 1 saturated carbocycles. The third-order valence-electron chi connectivity index (χ3n) is 3.72. The fourth-order valence-corrected chi connectivity index (χ4v) is 2.43. The van der Waals surface area contributed by atoms with Gasteiger partial charge in [0.15, 0.2) is 0 Å². The minimum Gasteiger partial charge on any atom is -0.273 e. The van der Waals surface area contributed by atoms with Crippen LogP contribution in [0.15, 0.2) is 29.4 Å². The first-order valence-corrected chi connectivity index (χ1v) is 7.15. The lowest BCUT2D eigenvalue weighted by Crippen LogP contribution is -2.25. The van der Waals surface area contributed by atoms with Gasteiger partial charge in [0, 0.05) is 17.8 Å². The van der Waals surface area contributed by atoms with Gasteiger partial charge in [-0.2, -0.15) is 5.10 Å². The molecule has 6 heteroatoms. The number of hydrogen-bond acceptors (Lipinski definition) is 4. The van der Waals surface area contributed by atoms with Crippen molar-refractivity contribution in [3.05, 3.63) is 39.9 Å². The van der Waals surface area contributed by atoms with Crippen LogP contribution < -0.4 is 5.43 Å². The summed E-state index contributed by atoms with van der Waals surface area (Å²) in [5.74, 6) is 0.229. The number of benzene rings is 1. The molecule has 1 fully saturated rings. The number of nitro groups is 1. The van der Waals surface area contributed by atoms with E-state index in [1.807, 2.05) is 0 Å². The second kappa shape index (κ2) is 6.97. The largest absolute Gasteiger partial charge is 0.273 e. The zero-order valence-electron chi connectivity index (χ0n) is 12.0. The number of hydrogen-bond donors (Lipinski definition) is 1. The first-order valence-electron chi connectivity index (χ1n) is 7.15. The normalized spacial score (nSPS) is 20.2. The number of nitrogens with zero attached hydrogens (tertiary/aromatic N) is 2. The first-order chi connectivity index (χ1) is 10.1. The van der Waals surface area contributed by atoms with E-state index in [0.29, 0.717) is 5.92 Å². The zero-order chi connectivity index (χ0) is 15.2. The summed E-state index contributed by atoms with van der Waals surface area (Å²) in [6.45, 7) is 2.13. The molecule has 1 unspecified atom stereocenters. The van der Waals surface area contributed by atoms with Crippen LogP contribution in [0.5, 0.6) is 0 Å². The maximum absolute atomic E-state index is 11.8. The molecule has 0 heterocycles. The Morgan fingerprint density at radius 2 is 2.10 bits per heavy atom. The van der Waals surface area contributed by atoms with Crippen LogP contribution in [0, 0.1) is 16.0 Å². The third-order valence-corrected chi connectivity index (χ3v) is 3.72. The highest BCUT2D eigenvalue weighted by Gasteiger charge is 2.16. The van der Waals surface area contributed by atoms with Gasteiger partial charge in [-0.05, 0) is 30.7 Å². The molecule has 2 rings (SSSR count). The Bertz CT molecular complexity index is 552. The fourth-order valence-electron chi connectivity index (χ4n) is 2.43. The summed E-state index contributed by atoms with van der Waals surface area (Å²) in [6.07, 6.45) is 4.58. The Labute approximate surface area is 123 Å². The quantitative estimate of drug-likeness (QED) is 0.683. The highest BCUT2D eigenvalue weighted by Crippen LogP contribution is 2.20. The summed E-state index contributed by atoms with van der Waals surface area (Å²) in [4.78, 5) is 21.9. The molecular weight excluding hydrogens is 270 g/mol. The lowest BCUT2D eigenvalue weighted by atomic mass is 9.89. The smallest absolute Gasteiger partial charge is 0.269 e. The van der Waals surface area contributed by atoms with Crippen LogP contribution in [0.4, 0.5) is 5.69 Å². The van der Waals surface area contributed by atoms with Crippen molar-refractivity contribution in [2.24, 2.45) is 11.0 Å². The van der Waals surface area contributed by atoms with Crippen LogP contribution in [0.25, 0.3) is 0 Å². The van der Waals surface area contributed by atoms with Crippen LogP contribution in [-0.4, -0.2) is 16.5 Å². The van der Waals surface area contributed by atoms with E-state index in [1.165, 1.54) is 18.6 Å². The molecule has 0 saturated heterocycles. The fraction of sp³-hybridized carbons (Fsp3) is 0.467. The maximum atomic E-state index is 11.8. The molecule has 1 N–H and O–H groups in total. The number of nitro benzene ring substituents is 1. The van der Waals surface area contributed by atoms with Crippen molar-refractivity contribution in [2.75, 3.05) is 0 Å². The molecule has 21 heavy (non-hydrogen) atoms. The summed E-state index contributed by atoms with van der Waals surface area (Å²) < 4.78 is 0. The molecule has 1 aromatic carbocycles. The average molecular weight is 289 g/mol. The minimum atomic E-state index is -0.458. The number of nitrogens with one attached hydrogen (secondary N) is 1. The molecule has 0 aromatic heterocycles. The predicted octanol–water partition coefficient (Wildman–Crippen LogP) is 2.82. The van der Waals surface area contributed by atoms with Crippen LogP contribution in [-0.2, 0) is 11.2 Å². The Morgan fingerprint density at radius 1 is 1.38 bits per heavy atom. The van der Waals surface area contributed by atoms with Gasteiger partial charge in [-0.15, -0.1) is 0 Å². The predicted molar refractivity (Wildman–Crippen MR) is 80.0 cm³/mol. The molecule has 0 radical (unpaired) electrons. The lowest BCUT2D eigenvalue weighted by Gasteiger charge is -2.19. The van der Waals surface area contributed by atoms with Crippen molar-refractivity contribution in [3.63, 3.8) is 0 Å². The van der Waals surface area contributed by atoms with Gasteiger partial charge in [-0.25, -0.2) is 5.43 Å². The number of carbonyl (C=O) groups excluding carboxylic acids is 1. The molecule has 1 aliphatic rings. The number of carbonyl (C=O) groups is 1. The van der Waals surface area contributed by atoms with Gasteiger partial charge < -0.3 is 0 Å². The van der Waals surface area contributed by atoms with Crippen LogP contribution >= 0.6 is 0 Å². The van der Waals surface area contributed by atoms with Crippen molar-refractivity contribution >= 4 is 17.3 Å². The lowest BCUT2D eigenvalue weighted by molar-refractivity contribution is -0.384. The van der Waals surface area contributed by atoms with Crippen LogP contribution in [0.3, 0.4) is 0 Å². The Hall–Kier alpha value is -2.24. The molecule has 0 spiro atoms. The summed E-state index contributed by atoms with van der Waals surface area (Å²) in [5, 5.41) is 14.8. The van der Waals surface area contributed by atoms with E-state index >= 15 is 0 Å². The van der Waals surface area contributed by atoms with E-state index < -0.39 is 4.92 Å². The average Bonchev–Trinajstić information content (AvgIpc) is 2.47. The second-order valence-electron chi connectivity index (χ2n) is 5.39. The van der Waals surface area contributed by atoms with E-state index in [1.54, 1.807) is 12.1 Å². The summed E-state index contributed by atoms with van der Waals surface area (Å²) in [5.41, 5.74) is 4.39. The highest BCUT2D eigenvalue weighted by molar-refractivity contribution is 5.88. The van der Waals surface area contributed by atoms with Gasteiger partial charge in [0.1, 0.15) is 0 Å². The van der Waals surface area contributed by atoms with E-state index in [2.05, 4.69) is 17.5 Å². The van der Waals surface area contributed by atoms with Gasteiger partial charge in [-0.1, -0.05) is 25.5 Å². The molecule has 0 aliphatic heterocycles. The molecule has 1 aliphatic carbocycles. The van der Waals surface area contributed by atoms with Gasteiger partial charge in [0.2, 0.25) is 5.91 Å². The minimum absolute atomic E-state index is 0.0235. The van der Waals surface area contributed by atoms with Gasteiger partial charge in [0.05, 0.1) is 11.3 Å². The van der Waals surface area contributed by atoms with Gasteiger partial charge in [0.25, 0.3) is 5.69 Å². The monoisotopic (exact) mass is 289 g/mol. The van der Waals surface area contributed by atoms with E-state index in [0.717, 1.165) is 30.5 Å². The maximum Gasteiger partial charge on any atom is 0.269 e. The molecule has 112 valence electrons. The van der Waals surface area contributed by atoms with E-state index in [4.69, 9.17) is 0 Å². The van der Waals surface area contributed by atoms with Crippen molar-refractivity contribution in [1.29, 1.82) is 0 Å². The van der Waals surface area contributed by atoms with E-state index in [9.17, 15) is 14.9 Å². The summed E-state index contributed by atoms with van der Waals surface area (Å²) in [6, 6.07) is 5.98. The molecule has 1 amide bonds. The van der Waals surface area contributed by atoms with Crippen molar-refractivity contribution in [2.45, 2.75) is 39.0 Å². The second-order valence-corrected chi connectivity index (χ2v) is 5.39. The summed E-state index contributed by atoms with van der Waals surface area (Å²) >= 11 is 0. The molecule has 6 nitrogen and oxygen atoms in total. The number of rotatable bonds is 4. The zero-order valence-corrected chi connectivity index (χ0v) is 12.0. The standard InChI is InChI=1S/C15H19N3O3/c1-11-4-2-3-5-14(11)16-17-15(19)10-12-6-8-13(9-7-12)18(20)21/h6-9,11H,2-5,10H2,1H3,(H,17,19). The third kappa shape index (κ3) is 4.37. The van der Waals surface area contributed by atoms with E-state index in [-0.39, 0.29) is 18.0 Å². The molecule has 0 bridgehead atoms. The number of amides is 1. The number of hydrazone groups is 1. The Balaban J connectivity index is 1.89. The van der Waals surface area contributed by atoms with Crippen LogP contribution in [0.1, 0.15) is 38.2 Å². The molecular formula is C15H19N3O3. The SMILES string of the molecule is CC1CCCCC1=NNC(=O)Cc1ccc([N+](=O)[O-])cc1.